The van der Waals surface area contributed by atoms with Crippen LogP contribution in [-0.2, 0) is 9.84 Å². The van der Waals surface area contributed by atoms with Gasteiger partial charge in [-0.15, -0.1) is 0 Å². The second kappa shape index (κ2) is 6.01. The number of ketones is 2. The van der Waals surface area contributed by atoms with Crippen molar-refractivity contribution in [2.75, 3.05) is 5.75 Å². The van der Waals surface area contributed by atoms with Gasteiger partial charge in [0.1, 0.15) is 5.75 Å². The fourth-order valence-electron chi connectivity index (χ4n) is 1.86. The van der Waals surface area contributed by atoms with Crippen molar-refractivity contribution in [1.29, 1.82) is 0 Å². The van der Waals surface area contributed by atoms with E-state index >= 15 is 0 Å². The van der Waals surface area contributed by atoms with Crippen molar-refractivity contribution in [2.45, 2.75) is 11.8 Å². The summed E-state index contributed by atoms with van der Waals surface area (Å²) >= 11 is 0. The van der Waals surface area contributed by atoms with E-state index in [1.54, 1.807) is 30.3 Å². The smallest absolute Gasteiger partial charge is 0.185 e. The van der Waals surface area contributed by atoms with Crippen LogP contribution >= 0.6 is 0 Å². The van der Waals surface area contributed by atoms with Crippen LogP contribution in [-0.4, -0.2) is 25.7 Å². The summed E-state index contributed by atoms with van der Waals surface area (Å²) in [5, 5.41) is 0. The number of carbonyl (C=O) groups excluding carboxylic acids is 2. The monoisotopic (exact) mass is 302 g/mol. The van der Waals surface area contributed by atoms with Gasteiger partial charge in [-0.3, -0.25) is 9.59 Å². The van der Waals surface area contributed by atoms with Gasteiger partial charge in [0.15, 0.2) is 21.4 Å². The van der Waals surface area contributed by atoms with Crippen molar-refractivity contribution < 1.29 is 18.0 Å². The first kappa shape index (κ1) is 15.1. The predicted molar refractivity (Wildman–Crippen MR) is 79.3 cm³/mol. The molecule has 2 aromatic rings. The third kappa shape index (κ3) is 3.64. The number of rotatable bonds is 5. The molecule has 0 bridgehead atoms. The van der Waals surface area contributed by atoms with Gasteiger partial charge in [0, 0.05) is 11.1 Å². The van der Waals surface area contributed by atoms with Crippen LogP contribution in [0.1, 0.15) is 27.6 Å². The number of carbonyl (C=O) groups is 2. The Hall–Kier alpha value is -2.27. The average molecular weight is 302 g/mol. The van der Waals surface area contributed by atoms with Crippen LogP contribution in [0.4, 0.5) is 0 Å². The van der Waals surface area contributed by atoms with E-state index < -0.39 is 21.4 Å². The molecule has 0 heterocycles. The molecule has 0 saturated carbocycles. The van der Waals surface area contributed by atoms with Crippen LogP contribution < -0.4 is 0 Å². The molecule has 0 aromatic heterocycles. The molecule has 4 nitrogen and oxygen atoms in total. The van der Waals surface area contributed by atoms with E-state index in [1.807, 2.05) is 0 Å². The number of benzene rings is 2. The highest BCUT2D eigenvalue weighted by molar-refractivity contribution is 7.92. The molecule has 2 aromatic carbocycles. The summed E-state index contributed by atoms with van der Waals surface area (Å²) in [5.74, 6) is -1.18. The molecule has 0 aliphatic rings. The van der Waals surface area contributed by atoms with Gasteiger partial charge in [-0.05, 0) is 19.1 Å². The zero-order chi connectivity index (χ0) is 15.5. The van der Waals surface area contributed by atoms with Crippen molar-refractivity contribution >= 4 is 21.4 Å². The zero-order valence-corrected chi connectivity index (χ0v) is 12.3. The second-order valence-electron chi connectivity index (χ2n) is 4.63. The van der Waals surface area contributed by atoms with E-state index in [4.69, 9.17) is 0 Å². The Morgan fingerprint density at radius 1 is 0.857 bits per heavy atom. The van der Waals surface area contributed by atoms with E-state index in [0.29, 0.717) is 11.1 Å². The molecule has 0 radical (unpaired) electrons. The molecule has 0 saturated heterocycles. The maximum atomic E-state index is 12.2. The largest absolute Gasteiger partial charge is 0.295 e. The molecule has 0 aliphatic heterocycles. The summed E-state index contributed by atoms with van der Waals surface area (Å²) in [6.45, 7) is 1.41. The molecule has 21 heavy (non-hydrogen) atoms. The highest BCUT2D eigenvalue weighted by atomic mass is 32.2. The van der Waals surface area contributed by atoms with Gasteiger partial charge < -0.3 is 0 Å². The van der Waals surface area contributed by atoms with E-state index in [-0.39, 0.29) is 10.7 Å². The average Bonchev–Trinajstić information content (AvgIpc) is 2.48. The van der Waals surface area contributed by atoms with Crippen LogP contribution in [0.2, 0.25) is 0 Å². The van der Waals surface area contributed by atoms with Crippen LogP contribution in [0, 0.1) is 0 Å². The number of Topliss-reactive ketones (excluding diaryl/α,β-unsaturated/α-hetero) is 2. The minimum atomic E-state index is -3.71. The van der Waals surface area contributed by atoms with Gasteiger partial charge in [-0.1, -0.05) is 42.5 Å². The van der Waals surface area contributed by atoms with Gasteiger partial charge in [-0.2, -0.15) is 0 Å². The normalized spacial score (nSPS) is 11.1. The molecule has 5 heteroatoms. The van der Waals surface area contributed by atoms with E-state index in [1.165, 1.54) is 31.2 Å². The number of sulfone groups is 1. The third-order valence-corrected chi connectivity index (χ3v) is 4.67. The number of hydrogen-bond donors (Lipinski definition) is 0. The lowest BCUT2D eigenvalue weighted by atomic mass is 10.1. The molecular weight excluding hydrogens is 288 g/mol. The highest BCUT2D eigenvalue weighted by Crippen LogP contribution is 2.14. The van der Waals surface area contributed by atoms with Gasteiger partial charge in [-0.25, -0.2) is 8.42 Å². The summed E-state index contributed by atoms with van der Waals surface area (Å²) in [5.41, 5.74) is 0.796. The first-order valence-corrected chi connectivity index (χ1v) is 7.97. The minimum Gasteiger partial charge on any atom is -0.295 e. The van der Waals surface area contributed by atoms with Crippen molar-refractivity contribution in [3.8, 4) is 0 Å². The van der Waals surface area contributed by atoms with E-state index in [9.17, 15) is 18.0 Å². The fourth-order valence-corrected chi connectivity index (χ4v) is 3.09. The molecule has 0 fully saturated rings. The maximum absolute atomic E-state index is 12.2. The summed E-state index contributed by atoms with van der Waals surface area (Å²) in [6, 6.07) is 13.9. The Morgan fingerprint density at radius 3 is 1.95 bits per heavy atom. The Morgan fingerprint density at radius 2 is 1.43 bits per heavy atom. The molecule has 108 valence electrons. The van der Waals surface area contributed by atoms with Gasteiger partial charge in [0.05, 0.1) is 4.90 Å². The van der Waals surface area contributed by atoms with Crippen LogP contribution in [0.5, 0.6) is 0 Å². The third-order valence-electron chi connectivity index (χ3n) is 3.04. The molecule has 0 atom stereocenters. The SMILES string of the molecule is CC(=O)c1ccc(S(=O)(=O)CC(=O)c2ccccc2)cc1. The van der Waals surface area contributed by atoms with Gasteiger partial charge in [0.25, 0.3) is 0 Å². The number of hydrogen-bond acceptors (Lipinski definition) is 4. The predicted octanol–water partition coefficient (Wildman–Crippen LogP) is 2.55. The van der Waals surface area contributed by atoms with Crippen molar-refractivity contribution in [1.82, 2.24) is 0 Å². The summed E-state index contributed by atoms with van der Waals surface area (Å²) < 4.78 is 24.4. The van der Waals surface area contributed by atoms with E-state index in [0.717, 1.165) is 0 Å². The molecule has 0 amide bonds. The molecule has 0 N–H and O–H groups in total. The topological polar surface area (TPSA) is 68.3 Å². The molecule has 0 spiro atoms. The van der Waals surface area contributed by atoms with E-state index in [2.05, 4.69) is 0 Å². The molecule has 0 aliphatic carbocycles. The molecular formula is C16H14O4S. The lowest BCUT2D eigenvalue weighted by Gasteiger charge is -2.05. The molecule has 0 unspecified atom stereocenters. The lowest BCUT2D eigenvalue weighted by molar-refractivity contribution is 0.101. The van der Waals surface area contributed by atoms with Crippen molar-refractivity contribution in [2.24, 2.45) is 0 Å². The van der Waals surface area contributed by atoms with Gasteiger partial charge in [0.2, 0.25) is 0 Å². The summed E-state index contributed by atoms with van der Waals surface area (Å²) in [7, 11) is -3.71. The van der Waals surface area contributed by atoms with Crippen LogP contribution in [0.15, 0.2) is 59.5 Å². The zero-order valence-electron chi connectivity index (χ0n) is 11.4. The summed E-state index contributed by atoms with van der Waals surface area (Å²) in [6.07, 6.45) is 0. The molecule has 2 rings (SSSR count). The van der Waals surface area contributed by atoms with Gasteiger partial charge >= 0.3 is 0 Å². The Kier molecular flexibility index (Phi) is 4.33. The van der Waals surface area contributed by atoms with Crippen LogP contribution in [0.25, 0.3) is 0 Å². The fraction of sp³-hybridized carbons (Fsp3) is 0.125. The maximum Gasteiger partial charge on any atom is 0.185 e. The first-order chi connectivity index (χ1) is 9.90. The Balaban J connectivity index is 2.22. The highest BCUT2D eigenvalue weighted by Gasteiger charge is 2.20. The van der Waals surface area contributed by atoms with Crippen molar-refractivity contribution in [3.63, 3.8) is 0 Å². The standard InChI is InChI=1S/C16H14O4S/c1-12(17)13-7-9-15(10-8-13)21(19,20)11-16(18)14-5-3-2-4-6-14/h2-10H,11H2,1H3. The first-order valence-electron chi connectivity index (χ1n) is 6.32. The van der Waals surface area contributed by atoms with Crippen LogP contribution in [0.3, 0.4) is 0 Å². The Bertz CT molecular complexity index is 760. The lowest BCUT2D eigenvalue weighted by Crippen LogP contribution is -2.16. The quantitative estimate of drug-likeness (QED) is 0.796. The minimum absolute atomic E-state index is 0.0387. The van der Waals surface area contributed by atoms with Crippen molar-refractivity contribution in [3.05, 3.63) is 65.7 Å². The second-order valence-corrected chi connectivity index (χ2v) is 6.62. The summed E-state index contributed by atoms with van der Waals surface area (Å²) in [4.78, 5) is 23.2. The Labute approximate surface area is 123 Å².